The zero-order valence-corrected chi connectivity index (χ0v) is 9.51. The minimum absolute atomic E-state index is 0.987. The van der Waals surface area contributed by atoms with Gasteiger partial charge in [0.15, 0.2) is 0 Å². The SMILES string of the molecule is CCc1cc(-c2cccc(Br)c2)n[nH]1. The highest BCUT2D eigenvalue weighted by Gasteiger charge is 2.02. The molecule has 0 amide bonds. The van der Waals surface area contributed by atoms with Crippen LogP contribution in [0, 0.1) is 0 Å². The Hall–Kier alpha value is -1.09. The van der Waals surface area contributed by atoms with Gasteiger partial charge in [-0.15, -0.1) is 0 Å². The van der Waals surface area contributed by atoms with Crippen LogP contribution in [0.1, 0.15) is 12.6 Å². The Balaban J connectivity index is 2.39. The lowest BCUT2D eigenvalue weighted by atomic mass is 10.1. The van der Waals surface area contributed by atoms with Gasteiger partial charge in [-0.05, 0) is 24.6 Å². The fraction of sp³-hybridized carbons (Fsp3) is 0.182. The molecule has 72 valence electrons. The first-order valence-electron chi connectivity index (χ1n) is 4.60. The van der Waals surface area contributed by atoms with Gasteiger partial charge < -0.3 is 0 Å². The highest BCUT2D eigenvalue weighted by atomic mass is 79.9. The average Bonchev–Trinajstić information content (AvgIpc) is 2.66. The van der Waals surface area contributed by atoms with Gasteiger partial charge in [0.2, 0.25) is 0 Å². The molecule has 3 heteroatoms. The smallest absolute Gasteiger partial charge is 0.0923 e. The lowest BCUT2D eigenvalue weighted by Crippen LogP contribution is -1.77. The summed E-state index contributed by atoms with van der Waals surface area (Å²) in [6.07, 6.45) is 0.987. The summed E-state index contributed by atoms with van der Waals surface area (Å²) in [5.74, 6) is 0. The minimum Gasteiger partial charge on any atom is -0.282 e. The molecule has 1 aromatic carbocycles. The largest absolute Gasteiger partial charge is 0.282 e. The number of halogens is 1. The van der Waals surface area contributed by atoms with E-state index in [-0.39, 0.29) is 0 Å². The number of nitrogens with one attached hydrogen (secondary N) is 1. The van der Waals surface area contributed by atoms with Crippen LogP contribution in [0.4, 0.5) is 0 Å². The summed E-state index contributed by atoms with van der Waals surface area (Å²) < 4.78 is 1.08. The molecule has 0 atom stereocenters. The molecule has 2 rings (SSSR count). The third-order valence-electron chi connectivity index (χ3n) is 2.13. The Kier molecular flexibility index (Phi) is 2.68. The van der Waals surface area contributed by atoms with Crippen molar-refractivity contribution in [3.63, 3.8) is 0 Å². The minimum atomic E-state index is 0.987. The van der Waals surface area contributed by atoms with Crippen molar-refractivity contribution >= 4 is 15.9 Å². The number of H-pyrrole nitrogens is 1. The van der Waals surface area contributed by atoms with Gasteiger partial charge >= 0.3 is 0 Å². The molecule has 0 radical (unpaired) electrons. The summed E-state index contributed by atoms with van der Waals surface area (Å²) in [7, 11) is 0. The van der Waals surface area contributed by atoms with Crippen LogP contribution in [0.2, 0.25) is 0 Å². The van der Waals surface area contributed by atoms with Gasteiger partial charge in [0, 0.05) is 15.7 Å². The number of rotatable bonds is 2. The van der Waals surface area contributed by atoms with Crippen LogP contribution in [0.3, 0.4) is 0 Å². The third-order valence-corrected chi connectivity index (χ3v) is 2.63. The lowest BCUT2D eigenvalue weighted by Gasteiger charge is -1.95. The van der Waals surface area contributed by atoms with Crippen LogP contribution in [0.5, 0.6) is 0 Å². The monoisotopic (exact) mass is 250 g/mol. The van der Waals surface area contributed by atoms with Crippen molar-refractivity contribution in [2.45, 2.75) is 13.3 Å². The van der Waals surface area contributed by atoms with Gasteiger partial charge in [0.25, 0.3) is 0 Å². The molecule has 0 spiro atoms. The van der Waals surface area contributed by atoms with E-state index in [1.807, 2.05) is 12.1 Å². The van der Waals surface area contributed by atoms with E-state index in [4.69, 9.17) is 0 Å². The van der Waals surface area contributed by atoms with Crippen molar-refractivity contribution in [3.05, 3.63) is 40.5 Å². The van der Waals surface area contributed by atoms with E-state index in [1.54, 1.807) is 0 Å². The van der Waals surface area contributed by atoms with Gasteiger partial charge in [-0.2, -0.15) is 5.10 Å². The number of hydrogen-bond acceptors (Lipinski definition) is 1. The molecule has 0 fully saturated rings. The summed E-state index contributed by atoms with van der Waals surface area (Å²) in [5.41, 5.74) is 3.30. The summed E-state index contributed by atoms with van der Waals surface area (Å²) in [6.45, 7) is 2.11. The summed E-state index contributed by atoms with van der Waals surface area (Å²) in [5, 5.41) is 7.26. The number of aryl methyl sites for hydroxylation is 1. The van der Waals surface area contributed by atoms with Crippen molar-refractivity contribution in [2.24, 2.45) is 0 Å². The van der Waals surface area contributed by atoms with Crippen LogP contribution in [-0.2, 0) is 6.42 Å². The average molecular weight is 251 g/mol. The molecule has 0 aliphatic heterocycles. The van der Waals surface area contributed by atoms with E-state index in [0.29, 0.717) is 0 Å². The summed E-state index contributed by atoms with van der Waals surface area (Å²) >= 11 is 3.45. The zero-order valence-electron chi connectivity index (χ0n) is 7.92. The fourth-order valence-electron chi connectivity index (χ4n) is 1.34. The standard InChI is InChI=1S/C11H11BrN2/c1-2-10-7-11(14-13-10)8-4-3-5-9(12)6-8/h3-7H,2H2,1H3,(H,13,14). The molecule has 14 heavy (non-hydrogen) atoms. The van der Waals surface area contributed by atoms with E-state index in [0.717, 1.165) is 22.2 Å². The van der Waals surface area contributed by atoms with E-state index in [1.165, 1.54) is 5.69 Å². The van der Waals surface area contributed by atoms with Gasteiger partial charge in [-0.1, -0.05) is 35.0 Å². The maximum absolute atomic E-state index is 4.25. The Labute approximate surface area is 91.5 Å². The maximum Gasteiger partial charge on any atom is 0.0923 e. The second-order valence-electron chi connectivity index (χ2n) is 3.14. The first kappa shape index (κ1) is 9.46. The van der Waals surface area contributed by atoms with E-state index in [2.05, 4.69) is 51.3 Å². The molecule has 1 aromatic heterocycles. The molecule has 0 saturated heterocycles. The van der Waals surface area contributed by atoms with E-state index in [9.17, 15) is 0 Å². The Morgan fingerprint density at radius 1 is 1.36 bits per heavy atom. The highest BCUT2D eigenvalue weighted by molar-refractivity contribution is 9.10. The second-order valence-corrected chi connectivity index (χ2v) is 4.06. The number of aromatic amines is 1. The Morgan fingerprint density at radius 2 is 2.21 bits per heavy atom. The van der Waals surface area contributed by atoms with Crippen LogP contribution >= 0.6 is 15.9 Å². The molecule has 0 bridgehead atoms. The number of hydrogen-bond donors (Lipinski definition) is 1. The predicted molar refractivity (Wildman–Crippen MR) is 61.1 cm³/mol. The molecular formula is C11H11BrN2. The molecule has 0 unspecified atom stereocenters. The molecule has 1 heterocycles. The fourth-order valence-corrected chi connectivity index (χ4v) is 1.74. The first-order chi connectivity index (χ1) is 6.79. The van der Waals surface area contributed by atoms with Crippen LogP contribution in [0.15, 0.2) is 34.8 Å². The molecule has 0 aliphatic carbocycles. The quantitative estimate of drug-likeness (QED) is 0.870. The molecule has 0 saturated carbocycles. The van der Waals surface area contributed by atoms with Gasteiger partial charge in [0.05, 0.1) is 5.69 Å². The van der Waals surface area contributed by atoms with Gasteiger partial charge in [-0.25, -0.2) is 0 Å². The predicted octanol–water partition coefficient (Wildman–Crippen LogP) is 3.40. The van der Waals surface area contributed by atoms with Crippen molar-refractivity contribution in [1.82, 2.24) is 10.2 Å². The Bertz CT molecular complexity index is 434. The van der Waals surface area contributed by atoms with Crippen molar-refractivity contribution < 1.29 is 0 Å². The van der Waals surface area contributed by atoms with Crippen LogP contribution in [-0.4, -0.2) is 10.2 Å². The molecule has 2 nitrogen and oxygen atoms in total. The highest BCUT2D eigenvalue weighted by Crippen LogP contribution is 2.21. The summed E-state index contributed by atoms with van der Waals surface area (Å²) in [6, 6.07) is 10.2. The molecule has 2 aromatic rings. The Morgan fingerprint density at radius 3 is 2.86 bits per heavy atom. The maximum atomic E-state index is 4.25. The normalized spacial score (nSPS) is 10.4. The number of nitrogens with zero attached hydrogens (tertiary/aromatic N) is 1. The van der Waals surface area contributed by atoms with Gasteiger partial charge in [0.1, 0.15) is 0 Å². The van der Waals surface area contributed by atoms with Crippen LogP contribution < -0.4 is 0 Å². The van der Waals surface area contributed by atoms with Crippen molar-refractivity contribution in [3.8, 4) is 11.3 Å². The van der Waals surface area contributed by atoms with Crippen LogP contribution in [0.25, 0.3) is 11.3 Å². The number of benzene rings is 1. The topological polar surface area (TPSA) is 28.7 Å². The molecule has 1 N–H and O–H groups in total. The summed E-state index contributed by atoms with van der Waals surface area (Å²) in [4.78, 5) is 0. The molecular weight excluding hydrogens is 240 g/mol. The van der Waals surface area contributed by atoms with Crippen molar-refractivity contribution in [2.75, 3.05) is 0 Å². The zero-order chi connectivity index (χ0) is 9.97. The number of aromatic nitrogens is 2. The van der Waals surface area contributed by atoms with Crippen molar-refractivity contribution in [1.29, 1.82) is 0 Å². The van der Waals surface area contributed by atoms with E-state index < -0.39 is 0 Å². The third kappa shape index (κ3) is 1.87. The molecule has 0 aliphatic rings. The second kappa shape index (κ2) is 3.96. The lowest BCUT2D eigenvalue weighted by molar-refractivity contribution is 0.976. The first-order valence-corrected chi connectivity index (χ1v) is 5.39. The van der Waals surface area contributed by atoms with Gasteiger partial charge in [-0.3, -0.25) is 5.10 Å². The van der Waals surface area contributed by atoms with E-state index >= 15 is 0 Å².